The minimum Gasteiger partial charge on any atom is -0.375 e. The second kappa shape index (κ2) is 8.39. The number of methoxy groups -OCH3 is 1. The van der Waals surface area contributed by atoms with Crippen LogP contribution in [-0.4, -0.2) is 80.4 Å². The number of hydrogen-bond acceptors (Lipinski definition) is 5. The molecule has 8 heteroatoms. The molecule has 2 fully saturated rings. The summed E-state index contributed by atoms with van der Waals surface area (Å²) in [4.78, 5) is 28.3. The molecule has 2 aliphatic heterocycles. The molecule has 148 valence electrons. The van der Waals surface area contributed by atoms with Crippen LogP contribution < -0.4 is 0 Å². The first-order valence-electron chi connectivity index (χ1n) is 9.23. The second-order valence-electron chi connectivity index (χ2n) is 7.16. The van der Waals surface area contributed by atoms with Gasteiger partial charge >= 0.3 is 0 Å². The number of sulfone groups is 1. The molecule has 2 amide bonds. The summed E-state index contributed by atoms with van der Waals surface area (Å²) in [6, 6.07) is 9.05. The molecule has 1 aromatic carbocycles. The third-order valence-corrected chi connectivity index (χ3v) is 6.98. The number of aryl methyl sites for hydroxylation is 1. The summed E-state index contributed by atoms with van der Waals surface area (Å²) < 4.78 is 29.3. The highest BCUT2D eigenvalue weighted by atomic mass is 32.2. The lowest BCUT2D eigenvalue weighted by atomic mass is 10.0. The smallest absolute Gasteiger partial charge is 0.248 e. The summed E-state index contributed by atoms with van der Waals surface area (Å²) in [6.45, 7) is 0.647. The van der Waals surface area contributed by atoms with E-state index >= 15 is 0 Å². The summed E-state index contributed by atoms with van der Waals surface area (Å²) >= 11 is 0. The molecule has 0 N–H and O–H groups in total. The lowest BCUT2D eigenvalue weighted by Gasteiger charge is -2.43. The zero-order valence-electron chi connectivity index (χ0n) is 15.5. The Bertz CT molecular complexity index is 781. The average molecular weight is 394 g/mol. The fourth-order valence-electron chi connectivity index (χ4n) is 4.01. The Morgan fingerprint density at radius 3 is 2.22 bits per heavy atom. The van der Waals surface area contributed by atoms with Gasteiger partial charge in [-0.15, -0.1) is 0 Å². The van der Waals surface area contributed by atoms with E-state index in [4.69, 9.17) is 4.74 Å². The Hall–Kier alpha value is -1.93. The van der Waals surface area contributed by atoms with Crippen molar-refractivity contribution in [3.63, 3.8) is 0 Å². The van der Waals surface area contributed by atoms with Crippen molar-refractivity contribution in [3.05, 3.63) is 35.9 Å². The van der Waals surface area contributed by atoms with Crippen LogP contribution >= 0.6 is 0 Å². The van der Waals surface area contributed by atoms with Crippen molar-refractivity contribution in [1.29, 1.82) is 0 Å². The molecule has 1 aromatic rings. The third kappa shape index (κ3) is 4.68. The van der Waals surface area contributed by atoms with Crippen LogP contribution in [-0.2, 0) is 30.6 Å². The van der Waals surface area contributed by atoms with Gasteiger partial charge in [0.2, 0.25) is 11.8 Å². The maximum absolute atomic E-state index is 12.7. The molecule has 2 aliphatic rings. The number of rotatable bonds is 6. The minimum absolute atomic E-state index is 0.0307. The molecule has 2 saturated heterocycles. The van der Waals surface area contributed by atoms with E-state index in [0.29, 0.717) is 19.5 Å². The number of hydrogen-bond donors (Lipinski definition) is 0. The van der Waals surface area contributed by atoms with Gasteiger partial charge in [-0.3, -0.25) is 9.59 Å². The topological polar surface area (TPSA) is 84.0 Å². The van der Waals surface area contributed by atoms with Gasteiger partial charge in [0, 0.05) is 26.6 Å². The van der Waals surface area contributed by atoms with Crippen LogP contribution in [0.15, 0.2) is 30.3 Å². The summed E-state index contributed by atoms with van der Waals surface area (Å²) in [5.74, 6) is -0.405. The van der Waals surface area contributed by atoms with Gasteiger partial charge in [0.1, 0.15) is 6.61 Å². The predicted octanol–water partition coefficient (Wildman–Crippen LogP) is 0.492. The number of ether oxygens (including phenoxy) is 1. The first-order chi connectivity index (χ1) is 12.9. The average Bonchev–Trinajstić information content (AvgIpc) is 2.96. The predicted molar refractivity (Wildman–Crippen MR) is 101 cm³/mol. The van der Waals surface area contributed by atoms with E-state index < -0.39 is 21.9 Å². The summed E-state index contributed by atoms with van der Waals surface area (Å²) in [5, 5.41) is 0. The van der Waals surface area contributed by atoms with Crippen LogP contribution in [0.3, 0.4) is 0 Å². The van der Waals surface area contributed by atoms with E-state index in [2.05, 4.69) is 0 Å². The molecule has 3 rings (SSSR count). The zero-order valence-corrected chi connectivity index (χ0v) is 16.4. The summed E-state index contributed by atoms with van der Waals surface area (Å²) in [5.41, 5.74) is 1.18. The van der Waals surface area contributed by atoms with Crippen molar-refractivity contribution in [1.82, 2.24) is 9.80 Å². The maximum Gasteiger partial charge on any atom is 0.248 e. The fraction of sp³-hybridized carbons (Fsp3) is 0.579. The van der Waals surface area contributed by atoms with Gasteiger partial charge in [0.25, 0.3) is 0 Å². The van der Waals surface area contributed by atoms with Crippen LogP contribution in [0.4, 0.5) is 0 Å². The molecule has 27 heavy (non-hydrogen) atoms. The molecule has 0 bridgehead atoms. The summed E-state index contributed by atoms with van der Waals surface area (Å²) in [7, 11) is -1.83. The highest BCUT2D eigenvalue weighted by Crippen LogP contribution is 2.28. The SMILES string of the molecule is COCC(=O)N1CCN(C(=O)CCCc2ccccc2)[C@@H]2CS(=O)(=O)C[C@@H]21. The zero-order chi connectivity index (χ0) is 19.4. The van der Waals surface area contributed by atoms with Crippen LogP contribution in [0, 0.1) is 0 Å². The first-order valence-corrected chi connectivity index (χ1v) is 11.1. The number of piperazine rings is 1. The monoisotopic (exact) mass is 394 g/mol. The quantitative estimate of drug-likeness (QED) is 0.701. The van der Waals surface area contributed by atoms with E-state index in [1.807, 2.05) is 30.3 Å². The normalized spacial score (nSPS) is 23.9. The van der Waals surface area contributed by atoms with Gasteiger partial charge in [0.15, 0.2) is 9.84 Å². The van der Waals surface area contributed by atoms with Gasteiger partial charge in [-0.25, -0.2) is 8.42 Å². The molecule has 7 nitrogen and oxygen atoms in total. The number of amides is 2. The second-order valence-corrected chi connectivity index (χ2v) is 9.31. The van der Waals surface area contributed by atoms with Crippen LogP contribution in [0.25, 0.3) is 0 Å². The largest absolute Gasteiger partial charge is 0.375 e. The van der Waals surface area contributed by atoms with Crippen molar-refractivity contribution in [2.24, 2.45) is 0 Å². The van der Waals surface area contributed by atoms with Crippen molar-refractivity contribution in [2.45, 2.75) is 31.3 Å². The molecule has 0 spiro atoms. The van der Waals surface area contributed by atoms with Crippen LogP contribution in [0.5, 0.6) is 0 Å². The van der Waals surface area contributed by atoms with Crippen LogP contribution in [0.2, 0.25) is 0 Å². The standard InChI is InChI=1S/C19H26N2O5S/c1-26-12-19(23)21-11-10-20(16-13-27(24,25)14-17(16)21)18(22)9-5-8-15-6-3-2-4-7-15/h2-4,6-7,16-17H,5,8-14H2,1H3/t16-,17+/m1/s1. The Labute approximate surface area is 160 Å². The Kier molecular flexibility index (Phi) is 6.16. The number of nitrogens with zero attached hydrogens (tertiary/aromatic N) is 2. The molecular formula is C19H26N2O5S. The van der Waals surface area contributed by atoms with Crippen molar-refractivity contribution in [3.8, 4) is 0 Å². The van der Waals surface area contributed by atoms with Crippen molar-refractivity contribution in [2.75, 3.05) is 38.3 Å². The molecule has 0 saturated carbocycles. The molecule has 2 heterocycles. The maximum atomic E-state index is 12.7. The molecular weight excluding hydrogens is 368 g/mol. The fourth-order valence-corrected chi connectivity index (χ4v) is 5.99. The van der Waals surface area contributed by atoms with Crippen LogP contribution in [0.1, 0.15) is 18.4 Å². The van der Waals surface area contributed by atoms with E-state index in [0.717, 1.165) is 12.8 Å². The highest BCUT2D eigenvalue weighted by molar-refractivity contribution is 7.91. The van der Waals surface area contributed by atoms with E-state index in [1.165, 1.54) is 12.7 Å². The van der Waals surface area contributed by atoms with Crippen molar-refractivity contribution >= 4 is 21.7 Å². The molecule has 0 radical (unpaired) electrons. The van der Waals surface area contributed by atoms with E-state index in [9.17, 15) is 18.0 Å². The number of carbonyl (C=O) groups excluding carboxylic acids is 2. The van der Waals surface area contributed by atoms with Gasteiger partial charge in [-0.1, -0.05) is 30.3 Å². The lowest BCUT2D eigenvalue weighted by molar-refractivity contribution is -0.147. The van der Waals surface area contributed by atoms with Gasteiger partial charge < -0.3 is 14.5 Å². The highest BCUT2D eigenvalue weighted by Gasteiger charge is 2.49. The number of benzene rings is 1. The Morgan fingerprint density at radius 1 is 1.04 bits per heavy atom. The molecule has 2 atom stereocenters. The number of fused-ring (bicyclic) bond motifs is 1. The molecule has 0 aliphatic carbocycles. The Morgan fingerprint density at radius 2 is 1.63 bits per heavy atom. The molecule has 0 unspecified atom stereocenters. The van der Waals surface area contributed by atoms with Gasteiger partial charge in [0.05, 0.1) is 23.6 Å². The summed E-state index contributed by atoms with van der Waals surface area (Å²) in [6.07, 6.45) is 1.91. The lowest BCUT2D eigenvalue weighted by Crippen LogP contribution is -2.62. The molecule has 0 aromatic heterocycles. The Balaban J connectivity index is 1.64. The van der Waals surface area contributed by atoms with E-state index in [-0.39, 0.29) is 29.9 Å². The van der Waals surface area contributed by atoms with Crippen molar-refractivity contribution < 1.29 is 22.7 Å². The van der Waals surface area contributed by atoms with Gasteiger partial charge in [-0.05, 0) is 18.4 Å². The van der Waals surface area contributed by atoms with E-state index in [1.54, 1.807) is 9.80 Å². The first kappa shape index (κ1) is 19.8. The van der Waals surface area contributed by atoms with Gasteiger partial charge in [-0.2, -0.15) is 0 Å². The number of carbonyl (C=O) groups is 2. The third-order valence-electron chi connectivity index (χ3n) is 5.28. The minimum atomic E-state index is -3.27.